The number of aliphatic hydroxyl groups is 1. The molecule has 0 aliphatic heterocycles. The SMILES string of the molecule is CCCCO.[Sb]. The van der Waals surface area contributed by atoms with E-state index in [2.05, 4.69) is 6.92 Å². The summed E-state index contributed by atoms with van der Waals surface area (Å²) in [6.07, 6.45) is 2.04. The van der Waals surface area contributed by atoms with Crippen LogP contribution in [0.2, 0.25) is 0 Å². The summed E-state index contributed by atoms with van der Waals surface area (Å²) in [5.74, 6) is 0. The van der Waals surface area contributed by atoms with Gasteiger partial charge in [0.15, 0.2) is 0 Å². The van der Waals surface area contributed by atoms with E-state index in [0.717, 1.165) is 12.8 Å². The van der Waals surface area contributed by atoms with E-state index in [0.29, 0.717) is 6.61 Å². The molecule has 0 unspecified atom stereocenters. The average molecular weight is 196 g/mol. The Labute approximate surface area is 56.2 Å². The van der Waals surface area contributed by atoms with E-state index in [1.165, 1.54) is 0 Å². The van der Waals surface area contributed by atoms with Crippen molar-refractivity contribution in [3.63, 3.8) is 0 Å². The minimum absolute atomic E-state index is 0. The van der Waals surface area contributed by atoms with Crippen molar-refractivity contribution in [3.8, 4) is 0 Å². The van der Waals surface area contributed by atoms with Crippen LogP contribution in [0.1, 0.15) is 19.8 Å². The zero-order valence-corrected chi connectivity index (χ0v) is 6.57. The van der Waals surface area contributed by atoms with Gasteiger partial charge in [-0.05, 0) is 6.42 Å². The first-order chi connectivity index (χ1) is 2.41. The van der Waals surface area contributed by atoms with Crippen LogP contribution in [-0.4, -0.2) is 36.1 Å². The van der Waals surface area contributed by atoms with E-state index < -0.39 is 0 Å². The van der Waals surface area contributed by atoms with Gasteiger partial charge in [-0.3, -0.25) is 0 Å². The first-order valence-corrected chi connectivity index (χ1v) is 2.02. The molecule has 2 heteroatoms. The molecule has 37 valence electrons. The summed E-state index contributed by atoms with van der Waals surface area (Å²) in [7, 11) is 0. The fourth-order valence-corrected chi connectivity index (χ4v) is 0.158. The van der Waals surface area contributed by atoms with Crippen molar-refractivity contribution in [1.29, 1.82) is 0 Å². The van der Waals surface area contributed by atoms with Crippen LogP contribution in [0.5, 0.6) is 0 Å². The van der Waals surface area contributed by atoms with Gasteiger partial charge in [0.05, 0.1) is 0 Å². The maximum absolute atomic E-state index is 8.07. The van der Waals surface area contributed by atoms with Crippen molar-refractivity contribution in [2.45, 2.75) is 19.8 Å². The van der Waals surface area contributed by atoms with Crippen LogP contribution in [0, 0.1) is 0 Å². The van der Waals surface area contributed by atoms with Crippen molar-refractivity contribution < 1.29 is 5.11 Å². The number of aliphatic hydroxyl groups excluding tert-OH is 1. The van der Waals surface area contributed by atoms with Crippen LogP contribution in [0.25, 0.3) is 0 Å². The second kappa shape index (κ2) is 9.24. The second-order valence-electron chi connectivity index (χ2n) is 1.08. The molecule has 0 rings (SSSR count). The quantitative estimate of drug-likeness (QED) is 0.633. The third-order valence-corrected chi connectivity index (χ3v) is 0.512. The fourth-order valence-electron chi connectivity index (χ4n) is 0.158. The molecule has 0 aromatic rings. The van der Waals surface area contributed by atoms with Crippen LogP contribution in [-0.2, 0) is 0 Å². The molecule has 1 nitrogen and oxygen atoms in total. The van der Waals surface area contributed by atoms with Gasteiger partial charge in [-0.25, -0.2) is 0 Å². The third kappa shape index (κ3) is 8.84. The van der Waals surface area contributed by atoms with Crippen molar-refractivity contribution in [1.82, 2.24) is 0 Å². The van der Waals surface area contributed by atoms with Crippen molar-refractivity contribution in [2.24, 2.45) is 0 Å². The molecule has 0 saturated carbocycles. The molecule has 0 saturated heterocycles. The molecule has 0 atom stereocenters. The largest absolute Gasteiger partial charge is 0.396 e. The smallest absolute Gasteiger partial charge is 0.0430 e. The molecule has 0 aliphatic carbocycles. The molecule has 1 N–H and O–H groups in total. The van der Waals surface area contributed by atoms with Gasteiger partial charge in [0.2, 0.25) is 0 Å². The predicted octanol–water partition coefficient (Wildman–Crippen LogP) is 0.398. The summed E-state index contributed by atoms with van der Waals surface area (Å²) in [6.45, 7) is 2.40. The Morgan fingerprint density at radius 1 is 1.50 bits per heavy atom. The Morgan fingerprint density at radius 2 is 2.00 bits per heavy atom. The Balaban J connectivity index is 0. The Kier molecular flexibility index (Phi) is 15.3. The molecule has 0 aromatic heterocycles. The van der Waals surface area contributed by atoms with E-state index in [9.17, 15) is 0 Å². The summed E-state index contributed by atoms with van der Waals surface area (Å²) in [4.78, 5) is 0. The van der Waals surface area contributed by atoms with E-state index >= 15 is 0 Å². The van der Waals surface area contributed by atoms with Gasteiger partial charge in [-0.2, -0.15) is 0 Å². The first kappa shape index (κ1) is 9.91. The standard InChI is InChI=1S/C4H10O.Sb/c1-2-3-4-5;/h5H,2-4H2,1H3;. The second-order valence-corrected chi connectivity index (χ2v) is 1.08. The molecule has 0 aromatic carbocycles. The van der Waals surface area contributed by atoms with Crippen LogP contribution >= 0.6 is 0 Å². The van der Waals surface area contributed by atoms with Gasteiger partial charge in [0.25, 0.3) is 0 Å². The number of rotatable bonds is 2. The summed E-state index contributed by atoms with van der Waals surface area (Å²) in [5, 5.41) is 8.07. The molecular weight excluding hydrogens is 186 g/mol. The molecule has 0 spiro atoms. The molecule has 0 fully saturated rings. The minimum atomic E-state index is 0. The van der Waals surface area contributed by atoms with E-state index in [1.54, 1.807) is 0 Å². The topological polar surface area (TPSA) is 20.2 Å². The molecule has 0 bridgehead atoms. The first-order valence-electron chi connectivity index (χ1n) is 2.02. The summed E-state index contributed by atoms with van der Waals surface area (Å²) < 4.78 is 0. The fraction of sp³-hybridized carbons (Fsp3) is 1.00. The minimum Gasteiger partial charge on any atom is -0.396 e. The van der Waals surface area contributed by atoms with Gasteiger partial charge < -0.3 is 5.11 Å². The Bertz CT molecular complexity index is 15.0. The van der Waals surface area contributed by atoms with Crippen molar-refractivity contribution in [3.05, 3.63) is 0 Å². The van der Waals surface area contributed by atoms with E-state index in [1.807, 2.05) is 0 Å². The molecular formula is C4H10OSb. The molecule has 0 aliphatic rings. The van der Waals surface area contributed by atoms with Gasteiger partial charge in [0, 0.05) is 31.0 Å². The number of unbranched alkanes of at least 4 members (excludes halogenated alkanes) is 1. The number of hydrogen-bond donors (Lipinski definition) is 1. The molecule has 0 amide bonds. The van der Waals surface area contributed by atoms with E-state index in [4.69, 9.17) is 5.11 Å². The van der Waals surface area contributed by atoms with Crippen LogP contribution in [0.15, 0.2) is 0 Å². The zero-order valence-electron chi connectivity index (χ0n) is 4.02. The van der Waals surface area contributed by atoms with Crippen LogP contribution < -0.4 is 0 Å². The van der Waals surface area contributed by atoms with Crippen molar-refractivity contribution >= 4 is 24.4 Å². The zero-order chi connectivity index (χ0) is 4.12. The Morgan fingerprint density at radius 3 is 2.00 bits per heavy atom. The van der Waals surface area contributed by atoms with Crippen LogP contribution in [0.3, 0.4) is 0 Å². The summed E-state index contributed by atoms with van der Waals surface area (Å²) in [6, 6.07) is 0. The van der Waals surface area contributed by atoms with E-state index in [-0.39, 0.29) is 24.4 Å². The van der Waals surface area contributed by atoms with Crippen molar-refractivity contribution in [2.75, 3.05) is 6.61 Å². The monoisotopic (exact) mass is 195 g/mol. The Hall–Kier alpha value is 0.778. The number of hydrogen-bond acceptors (Lipinski definition) is 1. The molecule has 0 heterocycles. The predicted molar refractivity (Wildman–Crippen MR) is 27.7 cm³/mol. The van der Waals surface area contributed by atoms with Crippen LogP contribution in [0.4, 0.5) is 0 Å². The van der Waals surface area contributed by atoms with Gasteiger partial charge in [-0.1, -0.05) is 13.3 Å². The third-order valence-electron chi connectivity index (χ3n) is 0.512. The normalized spacial score (nSPS) is 7.00. The van der Waals surface area contributed by atoms with Gasteiger partial charge in [0.1, 0.15) is 0 Å². The summed E-state index contributed by atoms with van der Waals surface area (Å²) >= 11 is 0. The maximum atomic E-state index is 8.07. The molecule has 3 radical (unpaired) electrons. The van der Waals surface area contributed by atoms with Gasteiger partial charge in [-0.15, -0.1) is 0 Å². The van der Waals surface area contributed by atoms with Gasteiger partial charge >= 0.3 is 0 Å². The molecule has 6 heavy (non-hydrogen) atoms. The maximum Gasteiger partial charge on any atom is 0.0430 e. The summed E-state index contributed by atoms with van der Waals surface area (Å²) in [5.41, 5.74) is 0. The average Bonchev–Trinajstić information content (AvgIpc) is 1.41.